The van der Waals surface area contributed by atoms with Crippen LogP contribution in [0.15, 0.2) is 58.5 Å². The molecule has 0 saturated heterocycles. The maximum Gasteiger partial charge on any atom is 0.295 e. The average molecular weight is 507 g/mol. The molecule has 10 heteroatoms. The fourth-order valence-corrected chi connectivity index (χ4v) is 4.64. The molecule has 0 bridgehead atoms. The highest BCUT2D eigenvalue weighted by Crippen LogP contribution is 2.21. The van der Waals surface area contributed by atoms with Gasteiger partial charge in [0, 0.05) is 13.6 Å². The van der Waals surface area contributed by atoms with Crippen LogP contribution in [0.25, 0.3) is 5.69 Å². The molecule has 0 aliphatic carbocycles. The molecule has 0 aliphatic heterocycles. The maximum absolute atomic E-state index is 13.0. The summed E-state index contributed by atoms with van der Waals surface area (Å²) >= 11 is 1.27. The van der Waals surface area contributed by atoms with Crippen molar-refractivity contribution >= 4 is 23.4 Å². The number of rotatable bonds is 9. The lowest BCUT2D eigenvalue weighted by molar-refractivity contribution is -0.113. The number of nitrogens with zero attached hydrogens (tertiary/aromatic N) is 5. The zero-order chi connectivity index (χ0) is 25.8. The fraction of sp³-hybridized carbons (Fsp3) is 0.308. The van der Waals surface area contributed by atoms with Crippen LogP contribution in [0, 0.1) is 20.8 Å². The molecule has 9 nitrogen and oxygen atoms in total. The Morgan fingerprint density at radius 1 is 1.06 bits per heavy atom. The van der Waals surface area contributed by atoms with Crippen molar-refractivity contribution in [3.8, 4) is 11.4 Å². The van der Waals surface area contributed by atoms with Gasteiger partial charge in [0.1, 0.15) is 18.0 Å². The van der Waals surface area contributed by atoms with Gasteiger partial charge in [0.15, 0.2) is 11.0 Å². The minimum Gasteiger partial charge on any atom is -0.486 e. The van der Waals surface area contributed by atoms with Crippen molar-refractivity contribution < 1.29 is 9.53 Å². The van der Waals surface area contributed by atoms with Crippen LogP contribution in [0.2, 0.25) is 0 Å². The Morgan fingerprint density at radius 2 is 1.81 bits per heavy atom. The summed E-state index contributed by atoms with van der Waals surface area (Å²) in [6.45, 7) is 8.82. The minimum atomic E-state index is -0.287. The Morgan fingerprint density at radius 3 is 2.50 bits per heavy atom. The van der Waals surface area contributed by atoms with Crippen LogP contribution in [0.3, 0.4) is 0 Å². The first-order valence-corrected chi connectivity index (χ1v) is 12.7. The summed E-state index contributed by atoms with van der Waals surface area (Å²) in [5.74, 6) is 1.26. The fourth-order valence-electron chi connectivity index (χ4n) is 3.82. The molecule has 4 aromatic rings. The number of aryl methyl sites for hydroxylation is 2. The van der Waals surface area contributed by atoms with Gasteiger partial charge in [-0.25, -0.2) is 4.68 Å². The zero-order valence-corrected chi connectivity index (χ0v) is 21.9. The lowest BCUT2D eigenvalue weighted by Gasteiger charge is -2.10. The first-order valence-electron chi connectivity index (χ1n) is 11.7. The highest BCUT2D eigenvalue weighted by Gasteiger charge is 2.19. The van der Waals surface area contributed by atoms with Crippen LogP contribution in [-0.4, -0.2) is 35.8 Å². The van der Waals surface area contributed by atoms with Gasteiger partial charge in [-0.3, -0.25) is 14.3 Å². The van der Waals surface area contributed by atoms with Gasteiger partial charge in [-0.15, -0.1) is 10.2 Å². The van der Waals surface area contributed by atoms with Gasteiger partial charge >= 0.3 is 0 Å². The molecule has 0 aliphatic rings. The number of hydrogen-bond donors (Lipinski definition) is 1. The zero-order valence-electron chi connectivity index (χ0n) is 21.1. The van der Waals surface area contributed by atoms with Crippen LogP contribution < -0.4 is 15.6 Å². The van der Waals surface area contributed by atoms with Crippen LogP contribution in [0.4, 0.5) is 5.69 Å². The Hall–Kier alpha value is -3.79. The summed E-state index contributed by atoms with van der Waals surface area (Å²) in [7, 11) is 1.79. The summed E-state index contributed by atoms with van der Waals surface area (Å²) < 4.78 is 11.1. The molecule has 1 N–H and O–H groups in total. The number of ether oxygens (including phenoxy) is 1. The molecule has 2 aromatic carbocycles. The number of carbonyl (C=O) groups is 1. The van der Waals surface area contributed by atoms with E-state index in [0.29, 0.717) is 23.2 Å². The number of hydrogen-bond acceptors (Lipinski definition) is 6. The van der Waals surface area contributed by atoms with E-state index in [4.69, 9.17) is 4.74 Å². The van der Waals surface area contributed by atoms with E-state index in [-0.39, 0.29) is 29.5 Å². The number of amides is 1. The third-order valence-electron chi connectivity index (χ3n) is 6.11. The van der Waals surface area contributed by atoms with E-state index in [9.17, 15) is 9.59 Å². The molecule has 0 radical (unpaired) electrons. The Kier molecular flexibility index (Phi) is 7.64. The molecule has 2 aromatic heterocycles. The standard InChI is InChI=1S/C26H30N6O3S/c1-6-31-22(15-35-21-13-12-17(2)18(3)14-21)28-29-26(31)36-16-23(33)27-24-19(4)30(5)32(25(24)34)20-10-8-7-9-11-20/h7-14H,6,15-16H2,1-5H3,(H,27,33). The number of aromatic nitrogens is 5. The molecule has 188 valence electrons. The van der Waals surface area contributed by atoms with Crippen molar-refractivity contribution in [1.29, 1.82) is 0 Å². The van der Waals surface area contributed by atoms with Crippen molar-refractivity contribution in [2.24, 2.45) is 7.05 Å². The van der Waals surface area contributed by atoms with Crippen molar-refractivity contribution in [2.75, 3.05) is 11.1 Å². The second kappa shape index (κ2) is 10.9. The highest BCUT2D eigenvalue weighted by atomic mass is 32.2. The topological polar surface area (TPSA) is 96.0 Å². The summed E-state index contributed by atoms with van der Waals surface area (Å²) in [6.07, 6.45) is 0. The molecular formula is C26H30N6O3S. The van der Waals surface area contributed by atoms with E-state index in [0.717, 1.165) is 17.0 Å². The number of benzene rings is 2. The molecule has 1 amide bonds. The average Bonchev–Trinajstić information content (AvgIpc) is 3.37. The van der Waals surface area contributed by atoms with Crippen LogP contribution in [0.5, 0.6) is 5.75 Å². The Bertz CT molecular complexity index is 1440. The van der Waals surface area contributed by atoms with Crippen molar-refractivity contribution in [3.63, 3.8) is 0 Å². The second-order valence-electron chi connectivity index (χ2n) is 8.45. The van der Waals surface area contributed by atoms with E-state index >= 15 is 0 Å². The first kappa shape index (κ1) is 25.3. The predicted octanol–water partition coefficient (Wildman–Crippen LogP) is 4.02. The molecule has 0 unspecified atom stereocenters. The molecule has 4 rings (SSSR count). The van der Waals surface area contributed by atoms with E-state index in [1.54, 1.807) is 18.7 Å². The number of thioether (sulfide) groups is 1. The van der Waals surface area contributed by atoms with Gasteiger partial charge in [0.05, 0.1) is 17.1 Å². The summed E-state index contributed by atoms with van der Waals surface area (Å²) in [6, 6.07) is 15.3. The van der Waals surface area contributed by atoms with E-state index in [1.165, 1.54) is 22.0 Å². The first-order chi connectivity index (χ1) is 17.3. The SMILES string of the molecule is CCn1c(COc2ccc(C)c(C)c2)nnc1SCC(=O)Nc1c(C)n(C)n(-c2ccccc2)c1=O. The van der Waals surface area contributed by atoms with Gasteiger partial charge in [-0.1, -0.05) is 36.0 Å². The largest absolute Gasteiger partial charge is 0.486 e. The maximum atomic E-state index is 13.0. The van der Waals surface area contributed by atoms with E-state index in [2.05, 4.69) is 22.4 Å². The normalized spacial score (nSPS) is 11.0. The lowest BCUT2D eigenvalue weighted by Crippen LogP contribution is -2.23. The summed E-state index contributed by atoms with van der Waals surface area (Å²) in [5, 5.41) is 11.9. The summed E-state index contributed by atoms with van der Waals surface area (Å²) in [5.41, 5.74) is 3.77. The quantitative estimate of drug-likeness (QED) is 0.345. The Labute approximate surface area is 214 Å². The van der Waals surface area contributed by atoms with Crippen molar-refractivity contribution in [3.05, 3.63) is 81.5 Å². The highest BCUT2D eigenvalue weighted by molar-refractivity contribution is 7.99. The number of carbonyl (C=O) groups excluding carboxylic acids is 1. The summed E-state index contributed by atoms with van der Waals surface area (Å²) in [4.78, 5) is 25.8. The third kappa shape index (κ3) is 5.23. The van der Waals surface area contributed by atoms with Gasteiger partial charge in [-0.2, -0.15) is 0 Å². The molecule has 0 atom stereocenters. The molecule has 0 saturated carbocycles. The van der Waals surface area contributed by atoms with Crippen molar-refractivity contribution in [1.82, 2.24) is 24.1 Å². The van der Waals surface area contributed by atoms with Crippen LogP contribution >= 0.6 is 11.8 Å². The van der Waals surface area contributed by atoms with E-state index in [1.807, 2.05) is 66.9 Å². The van der Waals surface area contributed by atoms with E-state index < -0.39 is 0 Å². The smallest absolute Gasteiger partial charge is 0.295 e. The van der Waals surface area contributed by atoms with Gasteiger partial charge < -0.3 is 14.6 Å². The monoisotopic (exact) mass is 506 g/mol. The number of nitrogens with one attached hydrogen (secondary N) is 1. The van der Waals surface area contributed by atoms with Gasteiger partial charge in [0.25, 0.3) is 5.56 Å². The predicted molar refractivity (Wildman–Crippen MR) is 141 cm³/mol. The Balaban J connectivity index is 1.41. The van der Waals surface area contributed by atoms with Crippen LogP contribution in [-0.2, 0) is 25.0 Å². The van der Waals surface area contributed by atoms with Crippen molar-refractivity contribution in [2.45, 2.75) is 46.0 Å². The molecule has 2 heterocycles. The minimum absolute atomic E-state index is 0.0925. The molecular weight excluding hydrogens is 476 g/mol. The number of para-hydroxylation sites is 1. The third-order valence-corrected chi connectivity index (χ3v) is 7.07. The van der Waals surface area contributed by atoms with Gasteiger partial charge in [-0.05, 0) is 63.1 Å². The lowest BCUT2D eigenvalue weighted by atomic mass is 10.1. The molecule has 0 fully saturated rings. The van der Waals surface area contributed by atoms with Crippen LogP contribution in [0.1, 0.15) is 29.6 Å². The second-order valence-corrected chi connectivity index (χ2v) is 9.39. The van der Waals surface area contributed by atoms with Gasteiger partial charge in [0.2, 0.25) is 5.91 Å². The molecule has 0 spiro atoms. The number of anilines is 1. The molecule has 36 heavy (non-hydrogen) atoms.